The summed E-state index contributed by atoms with van der Waals surface area (Å²) < 4.78 is 25.1. The molecule has 2 saturated heterocycles. The van der Waals surface area contributed by atoms with Crippen molar-refractivity contribution in [3.05, 3.63) is 64.3 Å². The van der Waals surface area contributed by atoms with Gasteiger partial charge in [-0.2, -0.15) is 0 Å². The molecule has 0 radical (unpaired) electrons. The van der Waals surface area contributed by atoms with Crippen LogP contribution in [0, 0.1) is 5.82 Å². The molecule has 4 rings (SSSR count). The normalized spacial score (nSPS) is 19.2. The molecule has 2 aromatic rings. The Labute approximate surface area is 210 Å². The summed E-state index contributed by atoms with van der Waals surface area (Å²) in [5, 5.41) is 7.52. The molecule has 3 N–H and O–H groups in total. The second-order valence-electron chi connectivity index (χ2n) is 8.23. The van der Waals surface area contributed by atoms with Gasteiger partial charge in [0.15, 0.2) is 11.6 Å². The predicted molar refractivity (Wildman–Crippen MR) is 131 cm³/mol. The molecular formula is C25H24FN3O6S. The third-order valence-corrected chi connectivity index (χ3v) is 6.48. The molecule has 0 aliphatic carbocycles. The lowest BCUT2D eigenvalue weighted by molar-refractivity contribution is -0.145. The van der Waals surface area contributed by atoms with Gasteiger partial charge in [-0.1, -0.05) is 18.2 Å². The van der Waals surface area contributed by atoms with Crippen molar-refractivity contribution in [2.24, 2.45) is 0 Å². The Morgan fingerprint density at radius 1 is 1.22 bits per heavy atom. The van der Waals surface area contributed by atoms with Crippen LogP contribution in [0.4, 0.5) is 9.18 Å². The van der Waals surface area contributed by atoms with Crippen LogP contribution in [0.3, 0.4) is 0 Å². The van der Waals surface area contributed by atoms with Crippen molar-refractivity contribution in [2.45, 2.75) is 31.3 Å². The lowest BCUT2D eigenvalue weighted by Crippen LogP contribution is -2.49. The number of hydrogen-bond donors (Lipinski definition) is 3. The van der Waals surface area contributed by atoms with E-state index in [9.17, 15) is 23.6 Å². The Morgan fingerprint density at radius 2 is 2.00 bits per heavy atom. The fraction of sp³-hybridized carbons (Fsp3) is 0.280. The van der Waals surface area contributed by atoms with Crippen molar-refractivity contribution in [1.82, 2.24) is 16.0 Å². The highest BCUT2D eigenvalue weighted by Gasteiger charge is 2.28. The molecule has 2 heterocycles. The van der Waals surface area contributed by atoms with E-state index < -0.39 is 29.0 Å². The lowest BCUT2D eigenvalue weighted by Gasteiger charge is -2.19. The SMILES string of the molecule is COC(=O)C(Cc1ccc(Oc2ccc(/C=C3/SC(=O)NC3=O)cc2F)cc1)NC(=O)C1CCCN1. The molecule has 0 bridgehead atoms. The van der Waals surface area contributed by atoms with Gasteiger partial charge in [0.2, 0.25) is 5.91 Å². The fourth-order valence-corrected chi connectivity index (χ4v) is 4.52. The quantitative estimate of drug-likeness (QED) is 0.364. The molecule has 2 aliphatic rings. The monoisotopic (exact) mass is 513 g/mol. The zero-order chi connectivity index (χ0) is 25.7. The number of hydrogen-bond acceptors (Lipinski definition) is 8. The third-order valence-electron chi connectivity index (χ3n) is 5.67. The van der Waals surface area contributed by atoms with Crippen molar-refractivity contribution in [3.8, 4) is 11.5 Å². The minimum absolute atomic E-state index is 0.0201. The Hall–Kier alpha value is -3.70. The summed E-state index contributed by atoms with van der Waals surface area (Å²) in [4.78, 5) is 47.7. The summed E-state index contributed by atoms with van der Waals surface area (Å²) in [7, 11) is 1.27. The first-order valence-corrected chi connectivity index (χ1v) is 12.1. The van der Waals surface area contributed by atoms with E-state index in [1.807, 2.05) is 0 Å². The number of halogens is 1. The Bertz CT molecular complexity index is 1210. The lowest BCUT2D eigenvalue weighted by atomic mass is 10.0. The smallest absolute Gasteiger partial charge is 0.328 e. The number of amides is 3. The van der Waals surface area contributed by atoms with Crippen LogP contribution in [0.1, 0.15) is 24.0 Å². The number of thioether (sulfide) groups is 1. The summed E-state index contributed by atoms with van der Waals surface area (Å²) in [6.45, 7) is 0.765. The number of carbonyl (C=O) groups is 4. The van der Waals surface area contributed by atoms with Gasteiger partial charge < -0.3 is 20.1 Å². The summed E-state index contributed by atoms with van der Waals surface area (Å²) in [6.07, 6.45) is 3.26. The standard InChI is InChI=1S/C25H24FN3O6S/c1-34-24(32)19(28-22(30)18-3-2-10-27-18)12-14-4-7-16(8-5-14)35-20-9-6-15(11-17(20)26)13-21-23(31)29-25(33)36-21/h4-9,11,13,18-19,27H,2-3,10,12H2,1H3,(H,28,30)(H,29,31,33)/b21-13+. The van der Waals surface area contributed by atoms with Crippen LogP contribution in [0.15, 0.2) is 47.4 Å². The van der Waals surface area contributed by atoms with Crippen LogP contribution in [-0.2, 0) is 25.5 Å². The van der Waals surface area contributed by atoms with Gasteiger partial charge in [-0.15, -0.1) is 0 Å². The molecule has 0 aromatic heterocycles. The fourth-order valence-electron chi connectivity index (χ4n) is 3.83. The van der Waals surface area contributed by atoms with Gasteiger partial charge in [-0.05, 0) is 72.6 Å². The van der Waals surface area contributed by atoms with Gasteiger partial charge in [-0.25, -0.2) is 9.18 Å². The highest BCUT2D eigenvalue weighted by atomic mass is 32.2. The predicted octanol–water partition coefficient (Wildman–Crippen LogP) is 2.89. The third kappa shape index (κ3) is 6.29. The number of methoxy groups -OCH3 is 1. The topological polar surface area (TPSA) is 123 Å². The van der Waals surface area contributed by atoms with Crippen molar-refractivity contribution < 1.29 is 33.0 Å². The molecule has 2 aromatic carbocycles. The number of nitrogens with one attached hydrogen (secondary N) is 3. The highest BCUT2D eigenvalue weighted by molar-refractivity contribution is 8.18. The minimum Gasteiger partial charge on any atom is -0.467 e. The van der Waals surface area contributed by atoms with Crippen LogP contribution in [0.5, 0.6) is 11.5 Å². The van der Waals surface area contributed by atoms with E-state index >= 15 is 0 Å². The van der Waals surface area contributed by atoms with Crippen LogP contribution in [0.25, 0.3) is 6.08 Å². The van der Waals surface area contributed by atoms with Crippen LogP contribution in [0.2, 0.25) is 0 Å². The zero-order valence-electron chi connectivity index (χ0n) is 19.3. The first-order chi connectivity index (χ1) is 17.3. The molecule has 9 nitrogen and oxygen atoms in total. The first kappa shape index (κ1) is 25.4. The van der Waals surface area contributed by atoms with Gasteiger partial charge in [0.1, 0.15) is 11.8 Å². The Balaban J connectivity index is 1.39. The van der Waals surface area contributed by atoms with E-state index in [0.717, 1.165) is 30.3 Å². The average molecular weight is 514 g/mol. The van der Waals surface area contributed by atoms with E-state index in [2.05, 4.69) is 16.0 Å². The summed E-state index contributed by atoms with van der Waals surface area (Å²) in [5.74, 6) is -1.60. The highest BCUT2D eigenvalue weighted by Crippen LogP contribution is 2.29. The van der Waals surface area contributed by atoms with E-state index in [1.54, 1.807) is 30.3 Å². The van der Waals surface area contributed by atoms with E-state index in [-0.39, 0.29) is 29.0 Å². The molecule has 0 spiro atoms. The number of carbonyl (C=O) groups excluding carboxylic acids is 4. The van der Waals surface area contributed by atoms with Crippen molar-refractivity contribution in [2.75, 3.05) is 13.7 Å². The van der Waals surface area contributed by atoms with E-state index in [4.69, 9.17) is 9.47 Å². The van der Waals surface area contributed by atoms with Crippen molar-refractivity contribution in [1.29, 1.82) is 0 Å². The van der Waals surface area contributed by atoms with E-state index in [0.29, 0.717) is 17.7 Å². The van der Waals surface area contributed by atoms with Crippen molar-refractivity contribution in [3.63, 3.8) is 0 Å². The second kappa shape index (κ2) is 11.4. The molecule has 0 saturated carbocycles. The number of esters is 1. The molecule has 2 fully saturated rings. The van der Waals surface area contributed by atoms with Gasteiger partial charge in [0.05, 0.1) is 18.1 Å². The molecule has 11 heteroatoms. The molecule has 188 valence electrons. The van der Waals surface area contributed by atoms with Gasteiger partial charge >= 0.3 is 5.97 Å². The maximum Gasteiger partial charge on any atom is 0.328 e. The number of ether oxygens (including phenoxy) is 2. The minimum atomic E-state index is -0.841. The maximum atomic E-state index is 14.6. The second-order valence-corrected chi connectivity index (χ2v) is 9.24. The molecule has 2 atom stereocenters. The van der Waals surface area contributed by atoms with Gasteiger partial charge in [0, 0.05) is 6.42 Å². The Morgan fingerprint density at radius 3 is 2.61 bits per heavy atom. The van der Waals surface area contributed by atoms with Crippen LogP contribution < -0.4 is 20.7 Å². The summed E-state index contributed by atoms with van der Waals surface area (Å²) in [5.41, 5.74) is 1.16. The number of benzene rings is 2. The molecule has 2 unspecified atom stereocenters. The number of imide groups is 1. The molecular weight excluding hydrogens is 489 g/mol. The molecule has 36 heavy (non-hydrogen) atoms. The maximum absolute atomic E-state index is 14.6. The van der Waals surface area contributed by atoms with Crippen LogP contribution >= 0.6 is 11.8 Å². The first-order valence-electron chi connectivity index (χ1n) is 11.2. The summed E-state index contributed by atoms with van der Waals surface area (Å²) in [6, 6.07) is 9.73. The number of rotatable bonds is 8. The zero-order valence-corrected chi connectivity index (χ0v) is 20.2. The van der Waals surface area contributed by atoms with Gasteiger partial charge in [-0.3, -0.25) is 19.7 Å². The average Bonchev–Trinajstić information content (AvgIpc) is 3.50. The largest absolute Gasteiger partial charge is 0.467 e. The molecule has 3 amide bonds. The summed E-state index contributed by atoms with van der Waals surface area (Å²) >= 11 is 0.752. The molecule has 2 aliphatic heterocycles. The van der Waals surface area contributed by atoms with Crippen molar-refractivity contribution >= 4 is 40.9 Å². The van der Waals surface area contributed by atoms with Crippen LogP contribution in [-0.4, -0.2) is 48.8 Å². The van der Waals surface area contributed by atoms with E-state index in [1.165, 1.54) is 25.3 Å². The van der Waals surface area contributed by atoms with Gasteiger partial charge in [0.25, 0.3) is 11.1 Å². The Kier molecular flexibility index (Phi) is 8.01.